The summed E-state index contributed by atoms with van der Waals surface area (Å²) in [6, 6.07) is 0. The summed E-state index contributed by atoms with van der Waals surface area (Å²) >= 11 is 0. The molecule has 0 radical (unpaired) electrons. The lowest BCUT2D eigenvalue weighted by Crippen LogP contribution is -2.40. The number of aliphatic carboxylic acids is 1. The van der Waals surface area contributed by atoms with Crippen LogP contribution in [0.5, 0.6) is 0 Å². The summed E-state index contributed by atoms with van der Waals surface area (Å²) in [5.74, 6) is -2.09. The van der Waals surface area contributed by atoms with Crippen molar-refractivity contribution in [2.45, 2.75) is 270 Å². The molecule has 2 unspecified atom stereocenters. The monoisotopic (exact) mass is 1390 g/mol. The Hall–Kier alpha value is -6.91. The molecule has 0 aromatic heterocycles. The fourth-order valence-corrected chi connectivity index (χ4v) is 9.72. The van der Waals surface area contributed by atoms with Gasteiger partial charge in [-0.25, -0.2) is 4.79 Å². The Morgan fingerprint density at radius 2 is 0.535 bits per heavy atom. The molecule has 0 aromatic carbocycles. The van der Waals surface area contributed by atoms with Gasteiger partial charge in [-0.3, -0.25) is 9.59 Å². The first-order valence-electron chi connectivity index (χ1n) is 39.2. The molecule has 0 rings (SSSR count). The van der Waals surface area contributed by atoms with Gasteiger partial charge in [0, 0.05) is 12.8 Å². The zero-order valence-corrected chi connectivity index (χ0v) is 64.2. The highest BCUT2D eigenvalue weighted by Gasteiger charge is 2.25. The van der Waals surface area contributed by atoms with Gasteiger partial charge in [0.05, 0.1) is 34.4 Å². The van der Waals surface area contributed by atoms with Crippen molar-refractivity contribution in [3.05, 3.63) is 243 Å². The molecule has 0 aliphatic carbocycles. The van der Waals surface area contributed by atoms with Crippen molar-refractivity contribution in [3.8, 4) is 0 Å². The molecular formula is C92H142NO8+. The number of esters is 2. The van der Waals surface area contributed by atoms with Crippen LogP contribution in [0.1, 0.15) is 258 Å². The second-order valence-electron chi connectivity index (χ2n) is 26.2. The van der Waals surface area contributed by atoms with E-state index in [2.05, 4.69) is 257 Å². The number of rotatable bonds is 69. The van der Waals surface area contributed by atoms with E-state index < -0.39 is 24.3 Å². The Labute approximate surface area is 618 Å². The van der Waals surface area contributed by atoms with Crippen LogP contribution in [-0.2, 0) is 33.3 Å². The van der Waals surface area contributed by atoms with Crippen LogP contribution in [0.25, 0.3) is 0 Å². The number of carboxylic acids is 1. The maximum absolute atomic E-state index is 13.0. The number of allylic oxidation sites excluding steroid dienone is 40. The number of quaternary nitrogens is 1. The number of carboxylic acid groups (broad SMARTS) is 1. The molecule has 0 fully saturated rings. The summed E-state index contributed by atoms with van der Waals surface area (Å²) in [5.41, 5.74) is 0. The summed E-state index contributed by atoms with van der Waals surface area (Å²) in [6.45, 7) is 4.57. The summed E-state index contributed by atoms with van der Waals surface area (Å²) < 4.78 is 22.9. The van der Waals surface area contributed by atoms with Crippen molar-refractivity contribution >= 4 is 17.9 Å². The summed E-state index contributed by atoms with van der Waals surface area (Å²) in [5, 5.41) is 9.77. The number of carbonyl (C=O) groups excluding carboxylic acids is 2. The van der Waals surface area contributed by atoms with Gasteiger partial charge in [0.2, 0.25) is 0 Å². The fraction of sp³-hybridized carbons (Fsp3) is 0.533. The summed E-state index contributed by atoms with van der Waals surface area (Å²) in [7, 11) is 5.95. The third-order valence-corrected chi connectivity index (χ3v) is 15.6. The van der Waals surface area contributed by atoms with Crippen LogP contribution < -0.4 is 0 Å². The van der Waals surface area contributed by atoms with E-state index in [-0.39, 0.29) is 38.6 Å². The van der Waals surface area contributed by atoms with E-state index in [4.69, 9.17) is 18.9 Å². The topological polar surface area (TPSA) is 108 Å². The number of carbonyl (C=O) groups is 3. The number of likely N-dealkylation sites (N-methyl/N-ethyl adjacent to an activating group) is 1. The molecule has 0 aliphatic rings. The van der Waals surface area contributed by atoms with E-state index in [1.807, 2.05) is 21.1 Å². The first-order chi connectivity index (χ1) is 49.6. The highest BCUT2D eigenvalue weighted by molar-refractivity contribution is 5.71. The van der Waals surface area contributed by atoms with Crippen molar-refractivity contribution in [2.24, 2.45) is 0 Å². The lowest BCUT2D eigenvalue weighted by Gasteiger charge is -2.25. The molecule has 562 valence electrons. The molecule has 0 saturated heterocycles. The molecule has 0 amide bonds. The van der Waals surface area contributed by atoms with Crippen LogP contribution in [0.2, 0.25) is 0 Å². The molecule has 101 heavy (non-hydrogen) atoms. The van der Waals surface area contributed by atoms with Gasteiger partial charge in [0.1, 0.15) is 13.2 Å². The van der Waals surface area contributed by atoms with E-state index in [0.29, 0.717) is 17.4 Å². The van der Waals surface area contributed by atoms with Crippen molar-refractivity contribution in [3.63, 3.8) is 0 Å². The maximum Gasteiger partial charge on any atom is 0.361 e. The molecule has 0 heterocycles. The SMILES string of the molecule is CC/C=C\C/C=C\C/C=C\C/C=C\C/C=C\C/C=C\C/C=C\C/C=C\C/C=C\C/C=C\C/C=C\C/C=C\CCCCC(=O)OC(COC(=O)CCCCCCCCCCCCCC/C=C\C/C=C\C/C=C\C/C=C\C/C=C\C/C=C\C/C=C\C/C=C\CC)COC(OCC[N+](C)(C)C)C(=O)O. The Balaban J connectivity index is 4.24. The maximum atomic E-state index is 13.0. The largest absolute Gasteiger partial charge is 0.477 e. The number of hydrogen-bond acceptors (Lipinski definition) is 7. The molecule has 0 spiro atoms. The predicted octanol–water partition coefficient (Wildman–Crippen LogP) is 25.6. The summed E-state index contributed by atoms with van der Waals surface area (Å²) in [4.78, 5) is 37.7. The first-order valence-corrected chi connectivity index (χ1v) is 39.2. The van der Waals surface area contributed by atoms with Gasteiger partial charge in [-0.15, -0.1) is 0 Å². The van der Waals surface area contributed by atoms with Gasteiger partial charge < -0.3 is 28.5 Å². The van der Waals surface area contributed by atoms with Gasteiger partial charge in [-0.1, -0.05) is 321 Å². The van der Waals surface area contributed by atoms with Crippen LogP contribution in [0.15, 0.2) is 243 Å². The molecular weight excluding hydrogens is 1250 g/mol. The number of ether oxygens (including phenoxy) is 4. The van der Waals surface area contributed by atoms with Crippen molar-refractivity contribution in [1.82, 2.24) is 0 Å². The lowest BCUT2D eigenvalue weighted by molar-refractivity contribution is -0.870. The zero-order chi connectivity index (χ0) is 73.2. The van der Waals surface area contributed by atoms with E-state index in [0.717, 1.165) is 173 Å². The van der Waals surface area contributed by atoms with Gasteiger partial charge in [0.15, 0.2) is 6.10 Å². The molecule has 1 N–H and O–H groups in total. The Kier molecular flexibility index (Phi) is 73.4. The quantitative estimate of drug-likeness (QED) is 0.0211. The Morgan fingerprint density at radius 1 is 0.297 bits per heavy atom. The Morgan fingerprint density at radius 3 is 0.812 bits per heavy atom. The zero-order valence-electron chi connectivity index (χ0n) is 64.2. The number of hydrogen-bond donors (Lipinski definition) is 1. The molecule has 0 aromatic rings. The van der Waals surface area contributed by atoms with Crippen LogP contribution >= 0.6 is 0 Å². The second-order valence-corrected chi connectivity index (χ2v) is 26.2. The second kappa shape index (κ2) is 78.8. The molecule has 0 saturated carbocycles. The third-order valence-electron chi connectivity index (χ3n) is 15.6. The van der Waals surface area contributed by atoms with Crippen LogP contribution in [0.3, 0.4) is 0 Å². The molecule has 9 nitrogen and oxygen atoms in total. The van der Waals surface area contributed by atoms with Crippen molar-refractivity contribution in [2.75, 3.05) is 47.5 Å². The van der Waals surface area contributed by atoms with Crippen molar-refractivity contribution < 1.29 is 42.9 Å². The molecule has 0 aliphatic heterocycles. The molecule has 0 bridgehead atoms. The van der Waals surface area contributed by atoms with Crippen LogP contribution in [0.4, 0.5) is 0 Å². The summed E-state index contributed by atoms with van der Waals surface area (Å²) in [6.07, 6.45) is 124. The highest BCUT2D eigenvalue weighted by atomic mass is 16.7. The van der Waals surface area contributed by atoms with E-state index >= 15 is 0 Å². The smallest absolute Gasteiger partial charge is 0.361 e. The number of nitrogens with zero attached hydrogens (tertiary/aromatic N) is 1. The van der Waals surface area contributed by atoms with Crippen LogP contribution in [-0.4, -0.2) is 87.4 Å². The van der Waals surface area contributed by atoms with E-state index in [1.165, 1.54) is 51.4 Å². The first kappa shape index (κ1) is 94.1. The minimum Gasteiger partial charge on any atom is -0.477 e. The van der Waals surface area contributed by atoms with Crippen LogP contribution in [0, 0.1) is 0 Å². The average molecular weight is 1390 g/mol. The molecule has 9 heteroatoms. The van der Waals surface area contributed by atoms with Gasteiger partial charge in [0.25, 0.3) is 6.29 Å². The Bertz CT molecular complexity index is 2570. The van der Waals surface area contributed by atoms with Gasteiger partial charge in [-0.05, 0) is 167 Å². The lowest BCUT2D eigenvalue weighted by atomic mass is 10.0. The average Bonchev–Trinajstić information content (AvgIpc) is 1.21. The minimum atomic E-state index is -1.54. The van der Waals surface area contributed by atoms with Gasteiger partial charge in [-0.2, -0.15) is 0 Å². The molecule has 2 atom stereocenters. The normalized spacial score (nSPS) is 14.0. The van der Waals surface area contributed by atoms with Crippen molar-refractivity contribution in [1.29, 1.82) is 0 Å². The highest BCUT2D eigenvalue weighted by Crippen LogP contribution is 2.15. The van der Waals surface area contributed by atoms with E-state index in [1.54, 1.807) is 0 Å². The third kappa shape index (κ3) is 80.3. The minimum absolute atomic E-state index is 0.166. The van der Waals surface area contributed by atoms with E-state index in [9.17, 15) is 19.5 Å². The number of unbranched alkanes of at least 4 members (excludes halogenated alkanes) is 14. The predicted molar refractivity (Wildman–Crippen MR) is 437 cm³/mol. The fourth-order valence-electron chi connectivity index (χ4n) is 9.72. The van der Waals surface area contributed by atoms with Gasteiger partial charge >= 0.3 is 17.9 Å². The standard InChI is InChI=1S/C92H141NO8/c1-6-8-10-12-14-16-18-20-22-24-26-28-30-32-34-36-38-40-42-44-45-47-49-51-53-55-57-59-61-63-65-67-69-71-73-75-77-79-81-83-90(95)101-88(87-100-92(91(96)97)98-85-84-93(3,4)5)86-99-89(94)82-80-78-76-74-72-70-68-66-64-62-60-58-56-54-52-50-48-46-43-41-39-37-35-33-31-29-27-25-23-21-19-17-15-13-11-9-7-2/h8-11,14-17,20-23,26-29,32-35,38-41,44-46,48-49,51-52,54-55,57,61,63,67,69,73,75,88,92H,6-7,12-13,18-19,24-25,30-31,36-37,42-43,47,50,53,56,58-60,62,64-66,68,70-72,74,76-87H2,1-5H3/p+1/b10-8-,11-9-,16-14-,17-15-,22-20-,23-21-,28-26-,29-27-,34-32-,35-33-,40-38-,41-39-,45-44-,48-46-,51-49-,54-52-,57-55-,63-61-,69-67-,75-73-.